The van der Waals surface area contributed by atoms with Crippen LogP contribution >= 0.6 is 0 Å². The fraction of sp³-hybridized carbons (Fsp3) is 0.667. The fourth-order valence-corrected chi connectivity index (χ4v) is 5.50. The van der Waals surface area contributed by atoms with E-state index < -0.39 is 18.1 Å². The molecule has 2 unspecified atom stereocenters. The van der Waals surface area contributed by atoms with Crippen LogP contribution in [0, 0.1) is 0 Å². The lowest BCUT2D eigenvalue weighted by Gasteiger charge is -2.34. The molecular weight excluding hydrogens is 666 g/mol. The van der Waals surface area contributed by atoms with Crippen LogP contribution in [0.4, 0.5) is 0 Å². The smallest absolute Gasteiger partial charge is 0.306 e. The first-order chi connectivity index (χ1) is 25.6. The van der Waals surface area contributed by atoms with Gasteiger partial charge < -0.3 is 28.6 Å². The highest BCUT2D eigenvalue weighted by Crippen LogP contribution is 2.12. The number of unbranched alkanes of at least 4 members (excludes halogenated alkanes) is 13. The molecule has 8 heteroatoms. The van der Waals surface area contributed by atoms with Gasteiger partial charge >= 0.3 is 11.9 Å². The van der Waals surface area contributed by atoms with Gasteiger partial charge in [-0.1, -0.05) is 138 Å². The Bertz CT molecular complexity index is 1100. The Kier molecular flexibility index (Phi) is 33.6. The first-order valence-electron chi connectivity index (χ1n) is 20.5. The number of aliphatic carboxylic acids is 1. The SMILES string of the molecule is CC/C=C/C=C/C=C/C=C/C=C/CCCCCC(=O)OCC(COCCC(C(=O)[O-])[N+](C)(C)C)OC(=O)CCCCC/C=C/CCCCCCCCC. The van der Waals surface area contributed by atoms with Gasteiger partial charge in [-0.3, -0.25) is 9.59 Å². The van der Waals surface area contributed by atoms with Crippen LogP contribution in [0.5, 0.6) is 0 Å². The van der Waals surface area contributed by atoms with Crippen LogP contribution in [-0.4, -0.2) is 75.5 Å². The van der Waals surface area contributed by atoms with Gasteiger partial charge in [0.25, 0.3) is 0 Å². The van der Waals surface area contributed by atoms with E-state index >= 15 is 0 Å². The highest BCUT2D eigenvalue weighted by Gasteiger charge is 2.25. The van der Waals surface area contributed by atoms with Crippen molar-refractivity contribution in [3.05, 3.63) is 72.9 Å². The maximum absolute atomic E-state index is 12.7. The number of esters is 2. The van der Waals surface area contributed by atoms with Gasteiger partial charge in [0.15, 0.2) is 6.10 Å². The van der Waals surface area contributed by atoms with E-state index in [1.165, 1.54) is 44.9 Å². The Hall–Kier alpha value is -3.23. The quantitative estimate of drug-likeness (QED) is 0.0210. The molecular formula is C45H75NO7. The number of carboxylic acid groups (broad SMARTS) is 1. The van der Waals surface area contributed by atoms with E-state index in [1.807, 2.05) is 48.6 Å². The zero-order chi connectivity index (χ0) is 39.3. The number of rotatable bonds is 35. The Morgan fingerprint density at radius 3 is 1.62 bits per heavy atom. The highest BCUT2D eigenvalue weighted by molar-refractivity contribution is 5.70. The lowest BCUT2D eigenvalue weighted by atomic mass is 10.1. The molecule has 0 aromatic rings. The molecule has 0 aromatic carbocycles. The van der Waals surface area contributed by atoms with Gasteiger partial charge in [-0.05, 0) is 57.8 Å². The molecule has 0 aromatic heterocycles. The molecule has 53 heavy (non-hydrogen) atoms. The number of likely N-dealkylation sites (N-methyl/N-ethyl adjacent to an activating group) is 1. The molecule has 0 rings (SSSR count). The van der Waals surface area contributed by atoms with Crippen molar-refractivity contribution in [1.82, 2.24) is 0 Å². The number of hydrogen-bond acceptors (Lipinski definition) is 7. The molecule has 0 spiro atoms. The van der Waals surface area contributed by atoms with Crippen molar-refractivity contribution in [3.8, 4) is 0 Å². The topological polar surface area (TPSA) is 102 Å². The minimum Gasteiger partial charge on any atom is -0.544 e. The van der Waals surface area contributed by atoms with E-state index in [2.05, 4.69) is 38.2 Å². The van der Waals surface area contributed by atoms with Gasteiger partial charge in [0, 0.05) is 19.3 Å². The third-order valence-electron chi connectivity index (χ3n) is 8.70. The summed E-state index contributed by atoms with van der Waals surface area (Å²) in [6.07, 6.45) is 43.5. The summed E-state index contributed by atoms with van der Waals surface area (Å²) < 4.78 is 17.1. The van der Waals surface area contributed by atoms with Gasteiger partial charge in [-0.25, -0.2) is 0 Å². The summed E-state index contributed by atoms with van der Waals surface area (Å²) in [5.74, 6) is -1.82. The van der Waals surface area contributed by atoms with Crippen molar-refractivity contribution >= 4 is 17.9 Å². The average Bonchev–Trinajstić information content (AvgIpc) is 3.11. The number of ether oxygens (including phenoxy) is 3. The monoisotopic (exact) mass is 742 g/mol. The molecule has 0 bridgehead atoms. The van der Waals surface area contributed by atoms with Gasteiger partial charge in [-0.15, -0.1) is 0 Å². The molecule has 0 fully saturated rings. The Labute approximate surface area is 323 Å². The number of carboxylic acids is 1. The molecule has 0 heterocycles. The predicted molar refractivity (Wildman–Crippen MR) is 217 cm³/mol. The van der Waals surface area contributed by atoms with Gasteiger partial charge in [0.1, 0.15) is 12.6 Å². The maximum atomic E-state index is 12.7. The second kappa shape index (κ2) is 35.8. The zero-order valence-electron chi connectivity index (χ0n) is 34.2. The lowest BCUT2D eigenvalue weighted by Crippen LogP contribution is -2.55. The Balaban J connectivity index is 4.51. The number of carbonyl (C=O) groups excluding carboxylic acids is 3. The molecule has 2 atom stereocenters. The lowest BCUT2D eigenvalue weighted by molar-refractivity contribution is -0.889. The third-order valence-corrected chi connectivity index (χ3v) is 8.70. The van der Waals surface area contributed by atoms with Crippen molar-refractivity contribution in [1.29, 1.82) is 0 Å². The summed E-state index contributed by atoms with van der Waals surface area (Å²) in [5, 5.41) is 11.6. The minimum atomic E-state index is -1.14. The number of hydrogen-bond donors (Lipinski definition) is 0. The molecule has 0 aliphatic carbocycles. The molecule has 0 N–H and O–H groups in total. The van der Waals surface area contributed by atoms with Gasteiger partial charge in [-0.2, -0.15) is 0 Å². The predicted octanol–water partition coefficient (Wildman–Crippen LogP) is 9.46. The largest absolute Gasteiger partial charge is 0.544 e. The van der Waals surface area contributed by atoms with Gasteiger partial charge in [0.2, 0.25) is 0 Å². The molecule has 0 amide bonds. The maximum Gasteiger partial charge on any atom is 0.306 e. The van der Waals surface area contributed by atoms with Crippen molar-refractivity contribution < 1.29 is 38.2 Å². The van der Waals surface area contributed by atoms with Crippen LogP contribution in [0.2, 0.25) is 0 Å². The number of nitrogens with zero attached hydrogens (tertiary/aromatic N) is 1. The Morgan fingerprint density at radius 1 is 0.585 bits per heavy atom. The second-order valence-electron chi connectivity index (χ2n) is 14.6. The zero-order valence-corrected chi connectivity index (χ0v) is 34.2. The van der Waals surface area contributed by atoms with Crippen LogP contribution in [0.3, 0.4) is 0 Å². The summed E-state index contributed by atoms with van der Waals surface area (Å²) in [4.78, 5) is 36.7. The Morgan fingerprint density at radius 2 is 1.08 bits per heavy atom. The second-order valence-corrected chi connectivity index (χ2v) is 14.6. The van der Waals surface area contributed by atoms with E-state index in [9.17, 15) is 19.5 Å². The van der Waals surface area contributed by atoms with E-state index in [0.29, 0.717) is 6.42 Å². The number of quaternary nitrogens is 1. The molecule has 0 radical (unpaired) electrons. The van der Waals surface area contributed by atoms with Crippen molar-refractivity contribution in [2.45, 2.75) is 154 Å². The van der Waals surface area contributed by atoms with Crippen LogP contribution < -0.4 is 5.11 Å². The number of allylic oxidation sites excluding steroid dienone is 12. The van der Waals surface area contributed by atoms with Crippen molar-refractivity contribution in [2.75, 3.05) is 41.0 Å². The number of carbonyl (C=O) groups is 3. The fourth-order valence-electron chi connectivity index (χ4n) is 5.50. The molecule has 0 aliphatic heterocycles. The van der Waals surface area contributed by atoms with Crippen LogP contribution in [0.1, 0.15) is 142 Å². The molecule has 0 saturated carbocycles. The average molecular weight is 742 g/mol. The van der Waals surface area contributed by atoms with E-state index in [1.54, 1.807) is 21.1 Å². The normalized spacial score (nSPS) is 13.8. The summed E-state index contributed by atoms with van der Waals surface area (Å²) in [6.45, 7) is 4.43. The summed E-state index contributed by atoms with van der Waals surface area (Å²) in [6, 6.07) is -0.737. The first kappa shape index (κ1) is 49.8. The van der Waals surface area contributed by atoms with Crippen molar-refractivity contribution in [2.24, 2.45) is 0 Å². The van der Waals surface area contributed by atoms with Gasteiger partial charge in [0.05, 0.1) is 40.3 Å². The van der Waals surface area contributed by atoms with E-state index in [-0.39, 0.29) is 49.1 Å². The van der Waals surface area contributed by atoms with Crippen LogP contribution in [0.15, 0.2) is 72.9 Å². The standard InChI is InChI=1S/C45H75NO7/c1-6-8-10-12-14-16-18-20-22-24-25-27-29-31-33-35-43(47)52-40-41(39-51-38-37-42(45(49)50)46(3,4)5)53-44(48)36-34-32-30-28-26-23-21-19-17-15-13-11-9-7-2/h8,10,12,14,16,18,20,22-26,41-42H,6-7,9,11,13,15,17,19,21,27-40H2,1-5H3/b10-8+,14-12+,18-16+,22-20+,25-24+,26-23+. The summed E-state index contributed by atoms with van der Waals surface area (Å²) >= 11 is 0. The molecule has 0 aliphatic rings. The molecule has 8 nitrogen and oxygen atoms in total. The molecule has 0 saturated heterocycles. The summed E-state index contributed by atoms with van der Waals surface area (Å²) in [7, 11) is 5.37. The van der Waals surface area contributed by atoms with Crippen LogP contribution in [-0.2, 0) is 28.6 Å². The van der Waals surface area contributed by atoms with Crippen LogP contribution in [0.25, 0.3) is 0 Å². The highest BCUT2D eigenvalue weighted by atomic mass is 16.6. The van der Waals surface area contributed by atoms with E-state index in [4.69, 9.17) is 14.2 Å². The first-order valence-corrected chi connectivity index (χ1v) is 20.5. The minimum absolute atomic E-state index is 0.0169. The van der Waals surface area contributed by atoms with E-state index in [0.717, 1.165) is 64.2 Å². The van der Waals surface area contributed by atoms with Crippen molar-refractivity contribution in [3.63, 3.8) is 0 Å². The molecule has 302 valence electrons. The third kappa shape index (κ3) is 34.3. The summed E-state index contributed by atoms with van der Waals surface area (Å²) in [5.41, 5.74) is 0.